The highest BCUT2D eigenvalue weighted by Gasteiger charge is 2.31. The van der Waals surface area contributed by atoms with Crippen molar-refractivity contribution in [2.75, 3.05) is 5.75 Å². The van der Waals surface area contributed by atoms with E-state index in [1.807, 2.05) is 25.6 Å². The molecule has 5 heteroatoms. The number of nitrogens with one attached hydrogen (secondary N) is 1. The first kappa shape index (κ1) is 12.1. The minimum atomic E-state index is 0.543. The second-order valence-corrected chi connectivity index (χ2v) is 6.13. The Morgan fingerprint density at radius 2 is 2.33 bits per heavy atom. The van der Waals surface area contributed by atoms with Gasteiger partial charge in [-0.3, -0.25) is 4.99 Å². The standard InChI is InChI=1S/C13H19N3OS/c1-8-9(2)17-12(15-8)6-14-13-16-11-5-3-4-10(11)7-18-13/h10-11H,3-7H2,1-2H3,(H,14,16). The monoisotopic (exact) mass is 265 g/mol. The summed E-state index contributed by atoms with van der Waals surface area (Å²) in [5.74, 6) is 3.67. The Morgan fingerprint density at radius 1 is 1.44 bits per heavy atom. The van der Waals surface area contributed by atoms with Crippen LogP contribution in [0.5, 0.6) is 0 Å². The Morgan fingerprint density at radius 3 is 3.11 bits per heavy atom. The molecule has 0 bridgehead atoms. The Hall–Kier alpha value is -0.970. The predicted octanol–water partition coefficient (Wildman–Crippen LogP) is 2.65. The van der Waals surface area contributed by atoms with Crippen LogP contribution in [0.2, 0.25) is 0 Å². The number of fused-ring (bicyclic) bond motifs is 1. The van der Waals surface area contributed by atoms with E-state index in [0.29, 0.717) is 18.5 Å². The van der Waals surface area contributed by atoms with Gasteiger partial charge in [0.25, 0.3) is 0 Å². The van der Waals surface area contributed by atoms with Gasteiger partial charge in [0, 0.05) is 11.8 Å². The highest BCUT2D eigenvalue weighted by molar-refractivity contribution is 8.13. The molecule has 98 valence electrons. The molecule has 0 radical (unpaired) electrons. The number of aliphatic imine (C=N–C) groups is 1. The summed E-state index contributed by atoms with van der Waals surface area (Å²) in [5, 5.41) is 4.61. The number of aryl methyl sites for hydroxylation is 2. The topological polar surface area (TPSA) is 50.4 Å². The van der Waals surface area contributed by atoms with Gasteiger partial charge in [-0.05, 0) is 32.6 Å². The van der Waals surface area contributed by atoms with Crippen LogP contribution in [0.15, 0.2) is 9.41 Å². The van der Waals surface area contributed by atoms with Crippen molar-refractivity contribution in [2.24, 2.45) is 10.9 Å². The van der Waals surface area contributed by atoms with Crippen molar-refractivity contribution < 1.29 is 4.42 Å². The highest BCUT2D eigenvalue weighted by atomic mass is 32.2. The second-order valence-electron chi connectivity index (χ2n) is 5.12. The molecule has 0 amide bonds. The summed E-state index contributed by atoms with van der Waals surface area (Å²) in [6.07, 6.45) is 4.02. The van der Waals surface area contributed by atoms with Gasteiger partial charge in [0.1, 0.15) is 12.3 Å². The molecule has 2 heterocycles. The molecule has 4 nitrogen and oxygen atoms in total. The molecule has 0 aromatic carbocycles. The van der Waals surface area contributed by atoms with Gasteiger partial charge in [0.2, 0.25) is 5.89 Å². The lowest BCUT2D eigenvalue weighted by molar-refractivity contribution is 0.470. The Labute approximate surface area is 112 Å². The summed E-state index contributed by atoms with van der Waals surface area (Å²) >= 11 is 1.84. The van der Waals surface area contributed by atoms with Gasteiger partial charge in [-0.1, -0.05) is 18.2 Å². The van der Waals surface area contributed by atoms with Crippen LogP contribution in [0.4, 0.5) is 0 Å². The lowest BCUT2D eigenvalue weighted by Gasteiger charge is -2.27. The van der Waals surface area contributed by atoms with E-state index < -0.39 is 0 Å². The van der Waals surface area contributed by atoms with Crippen LogP contribution in [0, 0.1) is 19.8 Å². The summed E-state index contributed by atoms with van der Waals surface area (Å²) in [6.45, 7) is 4.45. The average molecular weight is 265 g/mol. The number of hydrogen-bond acceptors (Lipinski definition) is 4. The van der Waals surface area contributed by atoms with E-state index >= 15 is 0 Å². The first-order chi connectivity index (χ1) is 8.72. The quantitative estimate of drug-likeness (QED) is 0.893. The highest BCUT2D eigenvalue weighted by Crippen LogP contribution is 2.32. The van der Waals surface area contributed by atoms with Crippen LogP contribution in [-0.4, -0.2) is 21.9 Å². The van der Waals surface area contributed by atoms with Gasteiger partial charge in [-0.25, -0.2) is 4.98 Å². The molecular weight excluding hydrogens is 246 g/mol. The van der Waals surface area contributed by atoms with E-state index in [1.54, 1.807) is 0 Å². The first-order valence-corrected chi connectivity index (χ1v) is 7.57. The Bertz CT molecular complexity index is 449. The number of thioether (sulfide) groups is 1. The van der Waals surface area contributed by atoms with Gasteiger partial charge in [0.05, 0.1) is 5.69 Å². The molecule has 1 aliphatic carbocycles. The molecule has 1 aromatic heterocycles. The molecule has 1 N–H and O–H groups in total. The van der Waals surface area contributed by atoms with Crippen LogP contribution in [0.1, 0.15) is 36.6 Å². The minimum absolute atomic E-state index is 0.543. The molecule has 1 saturated heterocycles. The smallest absolute Gasteiger partial charge is 0.216 e. The van der Waals surface area contributed by atoms with Crippen molar-refractivity contribution in [3.8, 4) is 0 Å². The van der Waals surface area contributed by atoms with Crippen molar-refractivity contribution in [3.05, 3.63) is 17.3 Å². The fourth-order valence-electron chi connectivity index (χ4n) is 2.65. The number of amidine groups is 1. The molecular formula is C13H19N3OS. The fraction of sp³-hybridized carbons (Fsp3) is 0.692. The van der Waals surface area contributed by atoms with Crippen molar-refractivity contribution >= 4 is 16.9 Å². The first-order valence-electron chi connectivity index (χ1n) is 6.59. The van der Waals surface area contributed by atoms with E-state index in [9.17, 15) is 0 Å². The molecule has 3 rings (SSSR count). The van der Waals surface area contributed by atoms with E-state index in [4.69, 9.17) is 4.42 Å². The third kappa shape index (κ3) is 2.41. The molecule has 18 heavy (non-hydrogen) atoms. The summed E-state index contributed by atoms with van der Waals surface area (Å²) in [5.41, 5.74) is 0.963. The SMILES string of the molecule is Cc1nc(CN=C2NC3CCCC3CS2)oc1C. The number of hydrogen-bond donors (Lipinski definition) is 1. The second kappa shape index (κ2) is 4.96. The maximum Gasteiger partial charge on any atom is 0.216 e. The van der Waals surface area contributed by atoms with E-state index in [1.165, 1.54) is 25.0 Å². The minimum Gasteiger partial charge on any atom is -0.444 e. The average Bonchev–Trinajstić information content (AvgIpc) is 2.94. The van der Waals surface area contributed by atoms with Gasteiger partial charge in [-0.15, -0.1) is 0 Å². The molecule has 1 saturated carbocycles. The molecule has 0 spiro atoms. The Kier molecular flexibility index (Phi) is 3.33. The zero-order valence-corrected chi connectivity index (χ0v) is 11.7. The number of oxazole rings is 1. The van der Waals surface area contributed by atoms with Gasteiger partial charge >= 0.3 is 0 Å². The third-order valence-corrected chi connectivity index (χ3v) is 4.95. The van der Waals surface area contributed by atoms with Gasteiger partial charge in [-0.2, -0.15) is 0 Å². The summed E-state index contributed by atoms with van der Waals surface area (Å²) < 4.78 is 5.54. The normalized spacial score (nSPS) is 29.3. The van der Waals surface area contributed by atoms with Crippen LogP contribution < -0.4 is 5.32 Å². The van der Waals surface area contributed by atoms with E-state index in [0.717, 1.165) is 22.5 Å². The molecule has 1 aromatic rings. The molecule has 1 aliphatic heterocycles. The molecule has 2 atom stereocenters. The molecule has 2 aliphatic rings. The summed E-state index contributed by atoms with van der Waals surface area (Å²) in [4.78, 5) is 8.93. The molecule has 2 unspecified atom stereocenters. The van der Waals surface area contributed by atoms with E-state index in [-0.39, 0.29) is 0 Å². The predicted molar refractivity (Wildman–Crippen MR) is 73.8 cm³/mol. The van der Waals surface area contributed by atoms with Crippen molar-refractivity contribution in [2.45, 2.75) is 45.7 Å². The lowest BCUT2D eigenvalue weighted by atomic mass is 10.1. The van der Waals surface area contributed by atoms with Crippen molar-refractivity contribution in [1.82, 2.24) is 10.3 Å². The van der Waals surface area contributed by atoms with Crippen LogP contribution in [-0.2, 0) is 6.54 Å². The van der Waals surface area contributed by atoms with E-state index in [2.05, 4.69) is 15.3 Å². The number of nitrogens with zero attached hydrogens (tertiary/aromatic N) is 2. The Balaban J connectivity index is 1.62. The maximum atomic E-state index is 5.54. The fourth-order valence-corrected chi connectivity index (χ4v) is 3.81. The molecule has 2 fully saturated rings. The van der Waals surface area contributed by atoms with Crippen molar-refractivity contribution in [1.29, 1.82) is 0 Å². The zero-order valence-electron chi connectivity index (χ0n) is 10.9. The lowest BCUT2D eigenvalue weighted by Crippen LogP contribution is -2.41. The van der Waals surface area contributed by atoms with Crippen molar-refractivity contribution in [3.63, 3.8) is 0 Å². The maximum absolute atomic E-state index is 5.54. The zero-order chi connectivity index (χ0) is 12.5. The summed E-state index contributed by atoms with van der Waals surface area (Å²) in [7, 11) is 0. The number of aromatic nitrogens is 1. The van der Waals surface area contributed by atoms with Crippen LogP contribution >= 0.6 is 11.8 Å². The van der Waals surface area contributed by atoms with Gasteiger partial charge < -0.3 is 9.73 Å². The number of rotatable bonds is 2. The van der Waals surface area contributed by atoms with Crippen LogP contribution in [0.25, 0.3) is 0 Å². The van der Waals surface area contributed by atoms with Gasteiger partial charge in [0.15, 0.2) is 5.17 Å². The third-order valence-electron chi connectivity index (χ3n) is 3.83. The summed E-state index contributed by atoms with van der Waals surface area (Å²) in [6, 6.07) is 0.651. The largest absolute Gasteiger partial charge is 0.444 e. The van der Waals surface area contributed by atoms with Crippen LogP contribution in [0.3, 0.4) is 0 Å².